The van der Waals surface area contributed by atoms with Gasteiger partial charge in [-0.3, -0.25) is 0 Å². The van der Waals surface area contributed by atoms with E-state index < -0.39 is 0 Å². The van der Waals surface area contributed by atoms with Crippen LogP contribution in [0, 0.1) is 19.3 Å². The Morgan fingerprint density at radius 3 is 2.94 bits per heavy atom. The lowest BCUT2D eigenvalue weighted by molar-refractivity contribution is 1.25. The van der Waals surface area contributed by atoms with Crippen molar-refractivity contribution in [1.82, 2.24) is 0 Å². The van der Waals surface area contributed by atoms with Gasteiger partial charge in [0.2, 0.25) is 0 Å². The van der Waals surface area contributed by atoms with E-state index in [0.29, 0.717) is 5.57 Å². The number of aryl methyl sites for hydroxylation is 1. The Balaban J connectivity index is 2.47. The van der Waals surface area contributed by atoms with Crippen molar-refractivity contribution in [3.05, 3.63) is 71.8 Å². The Morgan fingerprint density at radius 2 is 2.25 bits per heavy atom. The van der Waals surface area contributed by atoms with Crippen molar-refractivity contribution in [3.63, 3.8) is 0 Å². The maximum atomic E-state index is 5.17. The molecule has 0 bridgehead atoms. The summed E-state index contributed by atoms with van der Waals surface area (Å²) in [6, 6.07) is 8.49. The second kappa shape index (κ2) is 6.48. The highest BCUT2D eigenvalue weighted by Gasteiger charge is 1.88. The number of hydrogen-bond acceptors (Lipinski definition) is 0. The molecule has 0 spiro atoms. The minimum atomic E-state index is 0.695. The third-order valence-electron chi connectivity index (χ3n) is 2.17. The minimum Gasteiger partial charge on any atom is -0.115 e. The molecule has 0 N–H and O–H groups in total. The van der Waals surface area contributed by atoms with Gasteiger partial charge in [0.1, 0.15) is 0 Å². The Kier molecular flexibility index (Phi) is 4.89. The molecular weight excluding hydrogens is 192 g/mol. The first-order chi connectivity index (χ1) is 7.72. The van der Waals surface area contributed by atoms with E-state index in [4.69, 9.17) is 6.42 Å². The van der Waals surface area contributed by atoms with Gasteiger partial charge in [-0.15, -0.1) is 6.42 Å². The molecule has 0 unspecified atom stereocenters. The first kappa shape index (κ1) is 12.1. The van der Waals surface area contributed by atoms with Gasteiger partial charge in [0.15, 0.2) is 0 Å². The van der Waals surface area contributed by atoms with E-state index in [1.165, 1.54) is 11.1 Å². The third kappa shape index (κ3) is 4.48. The van der Waals surface area contributed by atoms with Crippen molar-refractivity contribution in [1.29, 1.82) is 0 Å². The van der Waals surface area contributed by atoms with Crippen LogP contribution in [0.3, 0.4) is 0 Å². The molecule has 0 saturated heterocycles. The van der Waals surface area contributed by atoms with Crippen LogP contribution >= 0.6 is 0 Å². The van der Waals surface area contributed by atoms with Gasteiger partial charge in [0.25, 0.3) is 0 Å². The smallest absolute Gasteiger partial charge is 0.0170 e. The van der Waals surface area contributed by atoms with Crippen LogP contribution in [0.2, 0.25) is 0 Å². The minimum absolute atomic E-state index is 0.695. The zero-order valence-electron chi connectivity index (χ0n) is 9.61. The summed E-state index contributed by atoms with van der Waals surface area (Å²) >= 11 is 0. The summed E-state index contributed by atoms with van der Waals surface area (Å²) in [6.07, 6.45) is 13.9. The van der Waals surface area contributed by atoms with Gasteiger partial charge in [0.05, 0.1) is 0 Å². The van der Waals surface area contributed by atoms with Crippen LogP contribution in [0.4, 0.5) is 0 Å². The molecule has 1 aromatic carbocycles. The predicted octanol–water partition coefficient (Wildman–Crippen LogP) is 3.84. The third-order valence-corrected chi connectivity index (χ3v) is 2.17. The maximum absolute atomic E-state index is 5.17. The summed E-state index contributed by atoms with van der Waals surface area (Å²) in [4.78, 5) is 0. The van der Waals surface area contributed by atoms with Crippen molar-refractivity contribution >= 4 is 0 Å². The van der Waals surface area contributed by atoms with Gasteiger partial charge < -0.3 is 0 Å². The maximum Gasteiger partial charge on any atom is 0.0170 e. The highest BCUT2D eigenvalue weighted by Crippen LogP contribution is 2.05. The van der Waals surface area contributed by atoms with Crippen molar-refractivity contribution in [2.45, 2.75) is 13.3 Å². The molecule has 0 fully saturated rings. The van der Waals surface area contributed by atoms with Gasteiger partial charge in [-0.25, -0.2) is 0 Å². The molecule has 0 aliphatic rings. The van der Waals surface area contributed by atoms with E-state index >= 15 is 0 Å². The number of rotatable bonds is 4. The quantitative estimate of drug-likeness (QED) is 0.521. The zero-order chi connectivity index (χ0) is 11.8. The molecule has 0 aliphatic carbocycles. The number of terminal acetylenes is 1. The first-order valence-corrected chi connectivity index (χ1v) is 5.26. The largest absolute Gasteiger partial charge is 0.115 e. The SMILES string of the molecule is C#CC(=C)/C=C\C=C/Cc1cccc(C)c1. The molecule has 0 radical (unpaired) electrons. The van der Waals surface area contributed by atoms with Crippen LogP contribution < -0.4 is 0 Å². The van der Waals surface area contributed by atoms with Gasteiger partial charge in [-0.05, 0) is 25.0 Å². The molecule has 16 heavy (non-hydrogen) atoms. The summed E-state index contributed by atoms with van der Waals surface area (Å²) in [5.74, 6) is 2.47. The summed E-state index contributed by atoms with van der Waals surface area (Å²) in [6.45, 7) is 5.78. The van der Waals surface area contributed by atoms with Gasteiger partial charge in [-0.2, -0.15) is 0 Å². The molecule has 0 amide bonds. The Hall–Kier alpha value is -2.00. The highest BCUT2D eigenvalue weighted by atomic mass is 13.9. The van der Waals surface area contributed by atoms with E-state index in [2.05, 4.69) is 49.8 Å². The highest BCUT2D eigenvalue weighted by molar-refractivity contribution is 5.34. The fourth-order valence-electron chi connectivity index (χ4n) is 1.34. The molecule has 0 heteroatoms. The monoisotopic (exact) mass is 208 g/mol. The fourth-order valence-corrected chi connectivity index (χ4v) is 1.34. The lowest BCUT2D eigenvalue weighted by Gasteiger charge is -1.97. The molecule has 0 aliphatic heterocycles. The summed E-state index contributed by atoms with van der Waals surface area (Å²) in [7, 11) is 0. The zero-order valence-corrected chi connectivity index (χ0v) is 9.61. The van der Waals surface area contributed by atoms with Crippen molar-refractivity contribution in [2.24, 2.45) is 0 Å². The van der Waals surface area contributed by atoms with Crippen LogP contribution in [0.25, 0.3) is 0 Å². The predicted molar refractivity (Wildman–Crippen MR) is 71.1 cm³/mol. The van der Waals surface area contributed by atoms with E-state index in [-0.39, 0.29) is 0 Å². The second-order valence-electron chi connectivity index (χ2n) is 3.65. The first-order valence-electron chi connectivity index (χ1n) is 5.26. The molecule has 0 aromatic heterocycles. The normalized spacial score (nSPS) is 10.8. The van der Waals surface area contributed by atoms with Gasteiger partial charge in [0, 0.05) is 5.57 Å². The van der Waals surface area contributed by atoms with Crippen LogP contribution in [-0.4, -0.2) is 0 Å². The molecule has 80 valence electrons. The summed E-state index contributed by atoms with van der Waals surface area (Å²) in [5.41, 5.74) is 3.31. The van der Waals surface area contributed by atoms with Crippen molar-refractivity contribution in [2.75, 3.05) is 0 Å². The van der Waals surface area contributed by atoms with Crippen molar-refractivity contribution in [3.8, 4) is 12.3 Å². The van der Waals surface area contributed by atoms with Gasteiger partial charge in [-0.1, -0.05) is 60.6 Å². The average Bonchev–Trinajstić information content (AvgIpc) is 2.28. The van der Waals surface area contributed by atoms with E-state index in [1.54, 1.807) is 0 Å². The Bertz CT molecular complexity index is 453. The molecule has 1 aromatic rings. The molecule has 0 heterocycles. The Labute approximate surface area is 98.0 Å². The van der Waals surface area contributed by atoms with Crippen molar-refractivity contribution < 1.29 is 0 Å². The molecule has 0 saturated carbocycles. The second-order valence-corrected chi connectivity index (χ2v) is 3.65. The average molecular weight is 208 g/mol. The number of allylic oxidation sites excluding steroid dienone is 5. The Morgan fingerprint density at radius 1 is 1.44 bits per heavy atom. The van der Waals surface area contributed by atoms with Crippen LogP contribution in [0.5, 0.6) is 0 Å². The standard InChI is InChI=1S/C16H16/c1-4-14(2)9-6-5-7-11-16-12-8-10-15(3)13-16/h1,5-10,12-13H,2,11H2,3H3/b7-5-,9-6-. The topological polar surface area (TPSA) is 0 Å². The van der Waals surface area contributed by atoms with Crippen LogP contribution in [0.15, 0.2) is 60.7 Å². The lowest BCUT2D eigenvalue weighted by Crippen LogP contribution is -1.81. The van der Waals surface area contributed by atoms with E-state index in [9.17, 15) is 0 Å². The summed E-state index contributed by atoms with van der Waals surface area (Å²) < 4.78 is 0. The lowest BCUT2D eigenvalue weighted by atomic mass is 10.1. The summed E-state index contributed by atoms with van der Waals surface area (Å²) in [5, 5.41) is 0. The van der Waals surface area contributed by atoms with E-state index in [1.807, 2.05) is 18.2 Å². The van der Waals surface area contributed by atoms with Gasteiger partial charge >= 0.3 is 0 Å². The van der Waals surface area contributed by atoms with E-state index in [0.717, 1.165) is 6.42 Å². The number of hydrogen-bond donors (Lipinski definition) is 0. The number of benzene rings is 1. The van der Waals surface area contributed by atoms with Crippen LogP contribution in [-0.2, 0) is 6.42 Å². The van der Waals surface area contributed by atoms with Crippen LogP contribution in [0.1, 0.15) is 11.1 Å². The fraction of sp³-hybridized carbons (Fsp3) is 0.125. The molecule has 1 rings (SSSR count). The molecule has 0 nitrogen and oxygen atoms in total. The molecular formula is C16H16. The molecule has 0 atom stereocenters.